The Kier molecular flexibility index (Phi) is 5.57. The van der Waals surface area contributed by atoms with Crippen LogP contribution in [0.4, 0.5) is 9.59 Å². The van der Waals surface area contributed by atoms with Crippen LogP contribution in [0.15, 0.2) is 30.3 Å². The summed E-state index contributed by atoms with van der Waals surface area (Å²) in [5.74, 6) is 0. The van der Waals surface area contributed by atoms with Crippen molar-refractivity contribution >= 4 is 12.2 Å². The molecule has 1 aromatic rings. The van der Waals surface area contributed by atoms with Gasteiger partial charge in [-0.1, -0.05) is 30.3 Å². The number of aliphatic hydroxyl groups excluding tert-OH is 1. The Hall–Kier alpha value is -2.28. The van der Waals surface area contributed by atoms with Gasteiger partial charge in [0.15, 0.2) is 0 Å². The highest BCUT2D eigenvalue weighted by atomic mass is 16.6. The van der Waals surface area contributed by atoms with Crippen molar-refractivity contribution in [2.24, 2.45) is 0 Å². The van der Waals surface area contributed by atoms with Gasteiger partial charge in [-0.2, -0.15) is 0 Å². The summed E-state index contributed by atoms with van der Waals surface area (Å²) < 4.78 is 10.6. The van der Waals surface area contributed by atoms with Crippen LogP contribution >= 0.6 is 0 Å². The summed E-state index contributed by atoms with van der Waals surface area (Å²) in [6, 6.07) is 9.30. The summed E-state index contributed by atoms with van der Waals surface area (Å²) in [5.41, 5.74) is -0.872. The van der Waals surface area contributed by atoms with Crippen molar-refractivity contribution in [2.75, 3.05) is 6.54 Å². The average Bonchev–Trinajstić information content (AvgIpc) is 2.78. The van der Waals surface area contributed by atoms with Crippen LogP contribution in [0.3, 0.4) is 0 Å². The van der Waals surface area contributed by atoms with E-state index in [0.717, 1.165) is 5.56 Å². The number of benzene rings is 1. The number of carbonyl (C=O) groups excluding carboxylic acids is 2. The van der Waals surface area contributed by atoms with Crippen molar-refractivity contribution in [1.82, 2.24) is 10.2 Å². The number of hydrogen-bond donors (Lipinski definition) is 2. The Morgan fingerprint density at radius 1 is 1.32 bits per heavy atom. The molecule has 1 saturated heterocycles. The molecule has 1 fully saturated rings. The van der Waals surface area contributed by atoms with E-state index in [-0.39, 0.29) is 19.6 Å². The molecule has 0 aliphatic carbocycles. The maximum Gasteiger partial charge on any atom is 0.412 e. The molecule has 1 aliphatic heterocycles. The van der Waals surface area contributed by atoms with Crippen molar-refractivity contribution in [3.8, 4) is 0 Å². The molecule has 2 atom stereocenters. The Bertz CT molecular complexity index is 614. The topological polar surface area (TPSA) is 88.1 Å². The Labute approximate surface area is 147 Å². The van der Waals surface area contributed by atoms with Crippen molar-refractivity contribution < 1.29 is 24.2 Å². The zero-order valence-electron chi connectivity index (χ0n) is 15.1. The van der Waals surface area contributed by atoms with Crippen molar-refractivity contribution in [3.63, 3.8) is 0 Å². The number of β-amino-alcohol motifs (C(OH)–C–C–N with tert-alkyl or cyclic N) is 1. The van der Waals surface area contributed by atoms with Crippen LogP contribution in [-0.2, 0) is 16.1 Å². The largest absolute Gasteiger partial charge is 0.444 e. The molecule has 7 heteroatoms. The van der Waals surface area contributed by atoms with Crippen LogP contribution in [0.25, 0.3) is 0 Å². The lowest BCUT2D eigenvalue weighted by atomic mass is 10.1. The summed E-state index contributed by atoms with van der Waals surface area (Å²) in [6.07, 6.45) is -1.79. The van der Waals surface area contributed by atoms with Crippen LogP contribution in [-0.4, -0.2) is 46.1 Å². The fourth-order valence-electron chi connectivity index (χ4n) is 2.76. The van der Waals surface area contributed by atoms with Gasteiger partial charge in [-0.15, -0.1) is 0 Å². The van der Waals surface area contributed by atoms with Gasteiger partial charge in [0.1, 0.15) is 17.9 Å². The molecule has 7 nitrogen and oxygen atoms in total. The zero-order chi connectivity index (χ0) is 18.7. The molecule has 138 valence electrons. The number of ether oxygens (including phenoxy) is 2. The van der Waals surface area contributed by atoms with Gasteiger partial charge in [-0.3, -0.25) is 10.2 Å². The van der Waals surface area contributed by atoms with Crippen LogP contribution in [0.2, 0.25) is 0 Å². The molecule has 1 aromatic carbocycles. The lowest BCUT2D eigenvalue weighted by Crippen LogP contribution is -2.57. The molecule has 25 heavy (non-hydrogen) atoms. The molecular formula is C18H26N2O5. The summed E-state index contributed by atoms with van der Waals surface area (Å²) >= 11 is 0. The van der Waals surface area contributed by atoms with Gasteiger partial charge < -0.3 is 14.6 Å². The first kappa shape index (κ1) is 19.1. The number of carbonyl (C=O) groups is 2. The summed E-state index contributed by atoms with van der Waals surface area (Å²) in [6.45, 7) is 7.13. The minimum absolute atomic E-state index is 0.0833. The van der Waals surface area contributed by atoms with Crippen molar-refractivity contribution in [1.29, 1.82) is 0 Å². The standard InChI is InChI=1S/C18H26N2O5/c1-17(2,3)25-15(22)19-18(4)10-14(21)11-20(18)16(23)24-12-13-8-6-5-7-9-13/h5-9,14,21H,10-12H2,1-4H3,(H,19,22)/t14-,18-/m1/s1. The van der Waals surface area contributed by atoms with Crippen LogP contribution < -0.4 is 5.32 Å². The molecule has 0 saturated carbocycles. The lowest BCUT2D eigenvalue weighted by molar-refractivity contribution is 0.0266. The van der Waals surface area contributed by atoms with E-state index in [1.165, 1.54) is 4.90 Å². The summed E-state index contributed by atoms with van der Waals surface area (Å²) in [7, 11) is 0. The highest BCUT2D eigenvalue weighted by Crippen LogP contribution is 2.28. The first-order chi connectivity index (χ1) is 11.6. The quantitative estimate of drug-likeness (QED) is 0.875. The fraction of sp³-hybridized carbons (Fsp3) is 0.556. The van der Waals surface area contributed by atoms with Gasteiger partial charge in [0.2, 0.25) is 0 Å². The molecule has 0 spiro atoms. The highest BCUT2D eigenvalue weighted by molar-refractivity contribution is 5.73. The van der Waals surface area contributed by atoms with Crippen molar-refractivity contribution in [3.05, 3.63) is 35.9 Å². The number of alkyl carbamates (subject to hydrolysis) is 1. The smallest absolute Gasteiger partial charge is 0.412 e. The van der Waals surface area contributed by atoms with Gasteiger partial charge in [0.25, 0.3) is 0 Å². The molecule has 2 rings (SSSR count). The highest BCUT2D eigenvalue weighted by Gasteiger charge is 2.46. The number of likely N-dealkylation sites (tertiary alicyclic amines) is 1. The number of rotatable bonds is 3. The third-order valence-electron chi connectivity index (χ3n) is 3.82. The second-order valence-corrected chi connectivity index (χ2v) is 7.41. The Balaban J connectivity index is 2.01. The zero-order valence-corrected chi connectivity index (χ0v) is 15.1. The third kappa shape index (κ3) is 5.35. The minimum Gasteiger partial charge on any atom is -0.444 e. The lowest BCUT2D eigenvalue weighted by Gasteiger charge is -2.35. The van der Waals surface area contributed by atoms with Crippen LogP contribution in [0.1, 0.15) is 39.7 Å². The van der Waals surface area contributed by atoms with Crippen LogP contribution in [0, 0.1) is 0 Å². The fourth-order valence-corrected chi connectivity index (χ4v) is 2.76. The van der Waals surface area contributed by atoms with E-state index in [1.54, 1.807) is 27.7 Å². The van der Waals surface area contributed by atoms with Gasteiger partial charge in [-0.25, -0.2) is 9.59 Å². The summed E-state index contributed by atoms with van der Waals surface area (Å²) in [4.78, 5) is 25.9. The molecule has 0 bridgehead atoms. The van der Waals surface area contributed by atoms with E-state index in [4.69, 9.17) is 9.47 Å². The third-order valence-corrected chi connectivity index (χ3v) is 3.82. The molecule has 0 radical (unpaired) electrons. The number of hydrogen-bond acceptors (Lipinski definition) is 5. The van der Waals surface area contributed by atoms with Crippen LogP contribution in [0.5, 0.6) is 0 Å². The van der Waals surface area contributed by atoms with E-state index >= 15 is 0 Å². The molecule has 2 N–H and O–H groups in total. The molecule has 1 heterocycles. The number of nitrogens with zero attached hydrogens (tertiary/aromatic N) is 1. The van der Waals surface area contributed by atoms with Gasteiger partial charge >= 0.3 is 12.2 Å². The van der Waals surface area contributed by atoms with E-state index in [9.17, 15) is 14.7 Å². The predicted octanol–water partition coefficient (Wildman–Crippen LogP) is 2.63. The minimum atomic E-state index is -1.07. The number of aliphatic hydroxyl groups is 1. The number of amides is 2. The first-order valence-electron chi connectivity index (χ1n) is 8.27. The second kappa shape index (κ2) is 7.31. The number of nitrogens with one attached hydrogen (secondary N) is 1. The first-order valence-corrected chi connectivity index (χ1v) is 8.27. The molecule has 0 aromatic heterocycles. The maximum absolute atomic E-state index is 12.4. The molecule has 2 amide bonds. The predicted molar refractivity (Wildman–Crippen MR) is 91.7 cm³/mol. The van der Waals surface area contributed by atoms with Crippen molar-refractivity contribution in [2.45, 2.75) is 58.1 Å². The van der Waals surface area contributed by atoms with Gasteiger partial charge in [0.05, 0.1) is 12.6 Å². The van der Waals surface area contributed by atoms with E-state index < -0.39 is 29.6 Å². The van der Waals surface area contributed by atoms with E-state index in [1.807, 2.05) is 30.3 Å². The Morgan fingerprint density at radius 2 is 1.96 bits per heavy atom. The maximum atomic E-state index is 12.4. The van der Waals surface area contributed by atoms with Gasteiger partial charge in [0, 0.05) is 6.42 Å². The average molecular weight is 350 g/mol. The Morgan fingerprint density at radius 3 is 2.56 bits per heavy atom. The molecule has 1 aliphatic rings. The SMILES string of the molecule is CC(C)(C)OC(=O)N[C@@]1(C)C[C@@H](O)CN1C(=O)OCc1ccccc1. The molecular weight excluding hydrogens is 324 g/mol. The van der Waals surface area contributed by atoms with E-state index in [2.05, 4.69) is 5.32 Å². The van der Waals surface area contributed by atoms with Gasteiger partial charge in [-0.05, 0) is 33.3 Å². The second-order valence-electron chi connectivity index (χ2n) is 7.41. The normalized spacial score (nSPS) is 23.2. The molecule has 0 unspecified atom stereocenters. The monoisotopic (exact) mass is 350 g/mol. The van der Waals surface area contributed by atoms with E-state index in [0.29, 0.717) is 0 Å². The summed E-state index contributed by atoms with van der Waals surface area (Å²) in [5, 5.41) is 12.6.